The van der Waals surface area contributed by atoms with E-state index < -0.39 is 0 Å². The van der Waals surface area contributed by atoms with E-state index in [0.29, 0.717) is 5.92 Å². The molecule has 0 N–H and O–H groups in total. The summed E-state index contributed by atoms with van der Waals surface area (Å²) in [5.41, 5.74) is 3.83. The molecule has 0 spiro atoms. The fraction of sp³-hybridized carbons (Fsp3) is 0.438. The first kappa shape index (κ1) is 13.3. The number of nitrogens with zero attached hydrogens (tertiary/aromatic N) is 4. The van der Waals surface area contributed by atoms with Crippen molar-refractivity contribution in [3.05, 3.63) is 51.8 Å². The first-order valence-electron chi connectivity index (χ1n) is 7.45. The highest BCUT2D eigenvalue weighted by molar-refractivity contribution is 9.10. The van der Waals surface area contributed by atoms with Crippen LogP contribution in [0.2, 0.25) is 0 Å². The van der Waals surface area contributed by atoms with E-state index in [4.69, 9.17) is 4.98 Å². The van der Waals surface area contributed by atoms with Crippen molar-refractivity contribution >= 4 is 15.9 Å². The van der Waals surface area contributed by atoms with Gasteiger partial charge in [-0.05, 0) is 40.4 Å². The smallest absolute Gasteiger partial charge is 0.131 e. The maximum Gasteiger partial charge on any atom is 0.131 e. The van der Waals surface area contributed by atoms with E-state index in [1.165, 1.54) is 29.7 Å². The Balaban J connectivity index is 1.50. The van der Waals surface area contributed by atoms with Gasteiger partial charge in [0.05, 0.1) is 0 Å². The zero-order valence-corrected chi connectivity index (χ0v) is 13.4. The summed E-state index contributed by atoms with van der Waals surface area (Å²) in [5.74, 6) is 1.71. The largest absolute Gasteiger partial charge is 0.294 e. The number of hydrogen-bond acceptors (Lipinski definition) is 4. The average molecular weight is 345 g/mol. The zero-order valence-electron chi connectivity index (χ0n) is 11.8. The molecule has 108 valence electrons. The Hall–Kier alpha value is -1.33. The molecular weight excluding hydrogens is 328 g/mol. The van der Waals surface area contributed by atoms with Crippen LogP contribution in [0.1, 0.15) is 41.4 Å². The van der Waals surface area contributed by atoms with E-state index in [1.54, 1.807) is 0 Å². The summed E-state index contributed by atoms with van der Waals surface area (Å²) in [7, 11) is 0. The van der Waals surface area contributed by atoms with Crippen LogP contribution in [0.3, 0.4) is 0 Å². The molecule has 0 bridgehead atoms. The molecular formula is C16H17BrN4. The van der Waals surface area contributed by atoms with Gasteiger partial charge < -0.3 is 0 Å². The van der Waals surface area contributed by atoms with Crippen LogP contribution in [0.4, 0.5) is 0 Å². The highest BCUT2D eigenvalue weighted by Crippen LogP contribution is 2.38. The molecule has 21 heavy (non-hydrogen) atoms. The van der Waals surface area contributed by atoms with Gasteiger partial charge >= 0.3 is 0 Å². The van der Waals surface area contributed by atoms with Gasteiger partial charge in [-0.2, -0.15) is 0 Å². The Morgan fingerprint density at radius 1 is 1.29 bits per heavy atom. The van der Waals surface area contributed by atoms with E-state index in [1.807, 2.05) is 18.6 Å². The molecule has 2 aromatic rings. The lowest BCUT2D eigenvalue weighted by Crippen LogP contribution is -2.31. The van der Waals surface area contributed by atoms with Crippen molar-refractivity contribution in [3.8, 4) is 0 Å². The lowest BCUT2D eigenvalue weighted by Gasteiger charge is -2.28. The van der Waals surface area contributed by atoms with Crippen molar-refractivity contribution in [2.24, 2.45) is 0 Å². The Labute approximate surface area is 132 Å². The molecule has 0 aromatic carbocycles. The fourth-order valence-electron chi connectivity index (χ4n) is 2.84. The van der Waals surface area contributed by atoms with Crippen LogP contribution in [-0.2, 0) is 19.5 Å². The zero-order chi connectivity index (χ0) is 14.2. The molecule has 2 aliphatic rings. The number of rotatable bonds is 3. The van der Waals surface area contributed by atoms with E-state index in [0.717, 1.165) is 36.4 Å². The minimum atomic E-state index is 0.640. The Morgan fingerprint density at radius 3 is 3.00 bits per heavy atom. The van der Waals surface area contributed by atoms with Crippen molar-refractivity contribution in [1.29, 1.82) is 0 Å². The molecule has 0 radical (unpaired) electrons. The molecule has 0 unspecified atom stereocenters. The maximum atomic E-state index is 4.78. The molecule has 2 aromatic heterocycles. The first-order valence-corrected chi connectivity index (χ1v) is 8.24. The van der Waals surface area contributed by atoms with Crippen molar-refractivity contribution in [3.63, 3.8) is 0 Å². The molecule has 3 heterocycles. The minimum Gasteiger partial charge on any atom is -0.294 e. The highest BCUT2D eigenvalue weighted by Gasteiger charge is 2.28. The quantitative estimate of drug-likeness (QED) is 0.857. The summed E-state index contributed by atoms with van der Waals surface area (Å²) in [6, 6.07) is 2.08. The van der Waals surface area contributed by atoms with E-state index in [2.05, 4.69) is 36.9 Å². The molecule has 0 saturated heterocycles. The van der Waals surface area contributed by atoms with Gasteiger partial charge in [0.25, 0.3) is 0 Å². The lowest BCUT2D eigenvalue weighted by molar-refractivity contribution is 0.242. The predicted octanol–water partition coefficient (Wildman–Crippen LogP) is 3.07. The number of fused-ring (bicyclic) bond motifs is 1. The van der Waals surface area contributed by atoms with Gasteiger partial charge in [0.15, 0.2) is 0 Å². The third-order valence-electron chi connectivity index (χ3n) is 4.22. The van der Waals surface area contributed by atoms with Gasteiger partial charge in [-0.1, -0.05) is 0 Å². The second-order valence-electron chi connectivity index (χ2n) is 5.90. The van der Waals surface area contributed by atoms with Gasteiger partial charge in [0, 0.05) is 66.3 Å². The second-order valence-corrected chi connectivity index (χ2v) is 6.76. The van der Waals surface area contributed by atoms with E-state index in [9.17, 15) is 0 Å². The molecule has 4 nitrogen and oxygen atoms in total. The molecule has 0 atom stereocenters. The summed E-state index contributed by atoms with van der Waals surface area (Å²) in [6.07, 6.45) is 9.31. The standard InChI is InChI=1S/C16H17BrN4/c17-14-8-18-5-3-12(14)9-21-6-4-15-13(10-21)7-19-16(20-15)11-1-2-11/h3,5,7-8,11H,1-2,4,6,9-10H2. The molecule has 0 amide bonds. The van der Waals surface area contributed by atoms with E-state index in [-0.39, 0.29) is 0 Å². The number of halogens is 1. The molecule has 5 heteroatoms. The van der Waals surface area contributed by atoms with Crippen LogP contribution in [0.5, 0.6) is 0 Å². The molecule has 1 fully saturated rings. The predicted molar refractivity (Wildman–Crippen MR) is 83.8 cm³/mol. The Bertz CT molecular complexity index is 669. The number of pyridine rings is 1. The number of hydrogen-bond donors (Lipinski definition) is 0. The molecule has 1 aliphatic carbocycles. The van der Waals surface area contributed by atoms with Crippen LogP contribution >= 0.6 is 15.9 Å². The van der Waals surface area contributed by atoms with Crippen LogP contribution in [0.25, 0.3) is 0 Å². The van der Waals surface area contributed by atoms with E-state index >= 15 is 0 Å². The van der Waals surface area contributed by atoms with Gasteiger partial charge in [-0.3, -0.25) is 9.88 Å². The monoisotopic (exact) mass is 344 g/mol. The molecule has 4 rings (SSSR count). The van der Waals surface area contributed by atoms with Crippen molar-refractivity contribution in [2.45, 2.75) is 38.3 Å². The van der Waals surface area contributed by atoms with Crippen LogP contribution in [0.15, 0.2) is 29.1 Å². The summed E-state index contributed by atoms with van der Waals surface area (Å²) in [5, 5.41) is 0. The average Bonchev–Trinajstić information content (AvgIpc) is 3.34. The van der Waals surface area contributed by atoms with Crippen molar-refractivity contribution < 1.29 is 0 Å². The summed E-state index contributed by atoms with van der Waals surface area (Å²) in [6.45, 7) is 2.94. The van der Waals surface area contributed by atoms with Gasteiger partial charge in [-0.15, -0.1) is 0 Å². The molecule has 1 saturated carbocycles. The van der Waals surface area contributed by atoms with Gasteiger partial charge in [0.1, 0.15) is 5.82 Å². The molecule has 1 aliphatic heterocycles. The first-order chi connectivity index (χ1) is 10.3. The van der Waals surface area contributed by atoms with Crippen LogP contribution in [-0.4, -0.2) is 26.4 Å². The maximum absolute atomic E-state index is 4.78. The fourth-order valence-corrected chi connectivity index (χ4v) is 3.21. The van der Waals surface area contributed by atoms with Gasteiger partial charge in [-0.25, -0.2) is 9.97 Å². The summed E-state index contributed by atoms with van der Waals surface area (Å²) >= 11 is 3.57. The normalized spacial score (nSPS) is 18.5. The van der Waals surface area contributed by atoms with Crippen LogP contribution in [0, 0.1) is 0 Å². The second kappa shape index (κ2) is 5.46. The lowest BCUT2D eigenvalue weighted by atomic mass is 10.1. The SMILES string of the molecule is Brc1cnccc1CN1CCc2nc(C3CC3)ncc2C1. The summed E-state index contributed by atoms with van der Waals surface area (Å²) in [4.78, 5) is 15.9. The Kier molecular flexibility index (Phi) is 3.47. The van der Waals surface area contributed by atoms with Gasteiger partial charge in [0.2, 0.25) is 0 Å². The number of aromatic nitrogens is 3. The highest BCUT2D eigenvalue weighted by atomic mass is 79.9. The topological polar surface area (TPSA) is 41.9 Å². The van der Waals surface area contributed by atoms with Crippen molar-refractivity contribution in [2.75, 3.05) is 6.54 Å². The van der Waals surface area contributed by atoms with Crippen molar-refractivity contribution in [1.82, 2.24) is 19.9 Å². The van der Waals surface area contributed by atoms with Crippen LogP contribution < -0.4 is 0 Å². The third-order valence-corrected chi connectivity index (χ3v) is 4.94. The summed E-state index contributed by atoms with van der Waals surface area (Å²) < 4.78 is 1.08. The minimum absolute atomic E-state index is 0.640. The Morgan fingerprint density at radius 2 is 2.19 bits per heavy atom. The third kappa shape index (κ3) is 2.85.